The van der Waals surface area contributed by atoms with Crippen molar-refractivity contribution in [3.8, 4) is 5.75 Å². The zero-order valence-electron chi connectivity index (χ0n) is 8.32. The van der Waals surface area contributed by atoms with Crippen LogP contribution in [0, 0.1) is 0 Å². The van der Waals surface area contributed by atoms with Crippen LogP contribution in [0.25, 0.3) is 21.7 Å². The summed E-state index contributed by atoms with van der Waals surface area (Å²) >= 11 is 0. The quantitative estimate of drug-likeness (QED) is 0.652. The molecule has 1 N–H and O–H groups in total. The van der Waals surface area contributed by atoms with Crippen LogP contribution in [-0.2, 0) is 0 Å². The first-order chi connectivity index (χ1) is 7.40. The van der Waals surface area contributed by atoms with Gasteiger partial charge in [-0.1, -0.05) is 18.2 Å². The fraction of sp³-hybridized carbons (Fsp3) is 0.0833. The molecule has 0 saturated heterocycles. The van der Waals surface area contributed by atoms with Gasteiger partial charge >= 0.3 is 0 Å². The molecule has 0 aliphatic heterocycles. The largest absolute Gasteiger partial charge is 0.496 e. The smallest absolute Gasteiger partial charge is 0.126 e. The van der Waals surface area contributed by atoms with Gasteiger partial charge in [0.05, 0.1) is 18.8 Å². The first kappa shape index (κ1) is 8.29. The van der Waals surface area contributed by atoms with E-state index in [0.29, 0.717) is 0 Å². The summed E-state index contributed by atoms with van der Waals surface area (Å²) in [5.74, 6) is 0.893. The van der Waals surface area contributed by atoms with E-state index in [-0.39, 0.29) is 0 Å². The van der Waals surface area contributed by atoms with Crippen LogP contribution in [0.2, 0.25) is 0 Å². The van der Waals surface area contributed by atoms with E-state index in [1.54, 1.807) is 7.11 Å². The molecule has 2 aromatic carbocycles. The molecule has 0 aliphatic rings. The van der Waals surface area contributed by atoms with Crippen LogP contribution in [0.3, 0.4) is 0 Å². The van der Waals surface area contributed by atoms with Crippen molar-refractivity contribution in [2.24, 2.45) is 0 Å². The minimum absolute atomic E-state index is 0.893. The molecule has 3 nitrogen and oxygen atoms in total. The second-order valence-corrected chi connectivity index (χ2v) is 3.46. The molecule has 3 heteroatoms. The van der Waals surface area contributed by atoms with E-state index in [9.17, 15) is 0 Å². The van der Waals surface area contributed by atoms with Crippen LogP contribution in [0.4, 0.5) is 0 Å². The van der Waals surface area contributed by atoms with Crippen LogP contribution < -0.4 is 4.74 Å². The fourth-order valence-electron chi connectivity index (χ4n) is 1.92. The number of H-pyrrole nitrogens is 1. The molecule has 1 aromatic heterocycles. The standard InChI is InChI=1S/C12H10N2O/c1-15-11-4-2-3-10-9(11)6-5-8-7-13-14-12(8)10/h2-7H,1H3,(H,13,14). The molecular weight excluding hydrogens is 188 g/mol. The topological polar surface area (TPSA) is 37.9 Å². The van der Waals surface area contributed by atoms with Crippen LogP contribution >= 0.6 is 0 Å². The van der Waals surface area contributed by atoms with Crippen LogP contribution in [0.1, 0.15) is 0 Å². The van der Waals surface area contributed by atoms with E-state index in [2.05, 4.69) is 22.3 Å². The Bertz CT molecular complexity index is 628. The van der Waals surface area contributed by atoms with E-state index in [1.165, 1.54) is 0 Å². The number of aromatic nitrogens is 2. The number of nitrogens with zero attached hydrogens (tertiary/aromatic N) is 1. The summed E-state index contributed by atoms with van der Waals surface area (Å²) in [6.45, 7) is 0. The highest BCUT2D eigenvalue weighted by atomic mass is 16.5. The van der Waals surface area contributed by atoms with Crippen molar-refractivity contribution in [1.82, 2.24) is 10.2 Å². The van der Waals surface area contributed by atoms with E-state index < -0.39 is 0 Å². The van der Waals surface area contributed by atoms with Crippen LogP contribution in [0.15, 0.2) is 36.5 Å². The average Bonchev–Trinajstić information content (AvgIpc) is 2.76. The Morgan fingerprint density at radius 2 is 2.07 bits per heavy atom. The molecule has 74 valence electrons. The second kappa shape index (κ2) is 2.98. The predicted molar refractivity (Wildman–Crippen MR) is 60.2 cm³/mol. The van der Waals surface area contributed by atoms with Crippen LogP contribution in [-0.4, -0.2) is 17.3 Å². The van der Waals surface area contributed by atoms with Gasteiger partial charge in [-0.25, -0.2) is 0 Å². The number of benzene rings is 2. The first-order valence-corrected chi connectivity index (χ1v) is 4.79. The van der Waals surface area contributed by atoms with Crippen molar-refractivity contribution in [3.63, 3.8) is 0 Å². The zero-order valence-corrected chi connectivity index (χ0v) is 8.32. The van der Waals surface area contributed by atoms with Crippen molar-refractivity contribution in [3.05, 3.63) is 36.5 Å². The summed E-state index contributed by atoms with van der Waals surface area (Å²) in [6, 6.07) is 10.1. The molecule has 0 aliphatic carbocycles. The summed E-state index contributed by atoms with van der Waals surface area (Å²) in [6.07, 6.45) is 1.83. The van der Waals surface area contributed by atoms with Gasteiger partial charge in [0, 0.05) is 16.2 Å². The summed E-state index contributed by atoms with van der Waals surface area (Å²) in [5, 5.41) is 10.4. The van der Waals surface area contributed by atoms with Crippen molar-refractivity contribution >= 4 is 21.7 Å². The van der Waals surface area contributed by atoms with Gasteiger partial charge in [-0.05, 0) is 12.1 Å². The Labute approximate surface area is 86.7 Å². The third-order valence-corrected chi connectivity index (χ3v) is 2.65. The van der Waals surface area contributed by atoms with Gasteiger partial charge in [-0.15, -0.1) is 0 Å². The highest BCUT2D eigenvalue weighted by Crippen LogP contribution is 2.29. The molecule has 0 fully saturated rings. The molecule has 15 heavy (non-hydrogen) atoms. The summed E-state index contributed by atoms with van der Waals surface area (Å²) in [4.78, 5) is 0. The molecule has 0 spiro atoms. The zero-order chi connectivity index (χ0) is 10.3. The van der Waals surface area contributed by atoms with Crippen molar-refractivity contribution in [1.29, 1.82) is 0 Å². The molecule has 0 unspecified atom stereocenters. The Kier molecular flexibility index (Phi) is 1.65. The Morgan fingerprint density at radius 3 is 2.93 bits per heavy atom. The lowest BCUT2D eigenvalue weighted by molar-refractivity contribution is 0.420. The maximum atomic E-state index is 5.32. The normalized spacial score (nSPS) is 11.0. The monoisotopic (exact) mass is 198 g/mol. The van der Waals surface area contributed by atoms with E-state index in [0.717, 1.165) is 27.4 Å². The Hall–Kier alpha value is -2.03. The van der Waals surface area contributed by atoms with Crippen molar-refractivity contribution < 1.29 is 4.74 Å². The van der Waals surface area contributed by atoms with Gasteiger partial charge in [0.15, 0.2) is 0 Å². The molecule has 0 bridgehead atoms. The maximum Gasteiger partial charge on any atom is 0.126 e. The van der Waals surface area contributed by atoms with E-state index in [4.69, 9.17) is 4.74 Å². The van der Waals surface area contributed by atoms with Gasteiger partial charge in [0.1, 0.15) is 5.75 Å². The van der Waals surface area contributed by atoms with E-state index >= 15 is 0 Å². The van der Waals surface area contributed by atoms with E-state index in [1.807, 2.05) is 24.4 Å². The van der Waals surface area contributed by atoms with Crippen LogP contribution in [0.5, 0.6) is 5.75 Å². The molecule has 0 amide bonds. The number of aromatic amines is 1. The number of fused-ring (bicyclic) bond motifs is 3. The summed E-state index contributed by atoms with van der Waals surface area (Å²) in [7, 11) is 1.69. The number of hydrogen-bond donors (Lipinski definition) is 1. The number of rotatable bonds is 1. The van der Waals surface area contributed by atoms with Gasteiger partial charge in [0.2, 0.25) is 0 Å². The molecule has 0 radical (unpaired) electrons. The van der Waals surface area contributed by atoms with Gasteiger partial charge in [0.25, 0.3) is 0 Å². The number of methoxy groups -OCH3 is 1. The van der Waals surface area contributed by atoms with Gasteiger partial charge in [-0.2, -0.15) is 5.10 Å². The Balaban J connectivity index is 2.53. The molecule has 0 atom stereocenters. The number of nitrogens with one attached hydrogen (secondary N) is 1. The second-order valence-electron chi connectivity index (χ2n) is 3.46. The molecule has 3 aromatic rings. The SMILES string of the molecule is COc1cccc2c1ccc1cn[nH]c12. The lowest BCUT2D eigenvalue weighted by Crippen LogP contribution is -1.84. The highest BCUT2D eigenvalue weighted by molar-refractivity contribution is 6.07. The minimum atomic E-state index is 0.893. The third kappa shape index (κ3) is 1.09. The third-order valence-electron chi connectivity index (χ3n) is 2.65. The van der Waals surface area contributed by atoms with Gasteiger partial charge in [-0.3, -0.25) is 5.10 Å². The first-order valence-electron chi connectivity index (χ1n) is 4.79. The highest BCUT2D eigenvalue weighted by Gasteiger charge is 2.05. The molecule has 3 rings (SSSR count). The minimum Gasteiger partial charge on any atom is -0.496 e. The van der Waals surface area contributed by atoms with Gasteiger partial charge < -0.3 is 4.74 Å². The lowest BCUT2D eigenvalue weighted by Gasteiger charge is -2.05. The molecule has 1 heterocycles. The Morgan fingerprint density at radius 1 is 1.13 bits per heavy atom. The number of ether oxygens (including phenoxy) is 1. The summed E-state index contributed by atoms with van der Waals surface area (Å²) in [5.41, 5.74) is 1.06. The van der Waals surface area contributed by atoms with Crippen molar-refractivity contribution in [2.75, 3.05) is 7.11 Å². The average molecular weight is 198 g/mol. The predicted octanol–water partition coefficient (Wildman–Crippen LogP) is 2.72. The van der Waals surface area contributed by atoms with Crippen molar-refractivity contribution in [2.45, 2.75) is 0 Å². The fourth-order valence-corrected chi connectivity index (χ4v) is 1.92. The molecule has 0 saturated carbocycles. The maximum absolute atomic E-state index is 5.32. The lowest BCUT2D eigenvalue weighted by atomic mass is 10.1. The number of hydrogen-bond acceptors (Lipinski definition) is 2. The molecular formula is C12H10N2O. The summed E-state index contributed by atoms with van der Waals surface area (Å²) < 4.78 is 5.32.